The quantitative estimate of drug-likeness (QED) is 0.581. The molecule has 1 aromatic heterocycles. The zero-order chi connectivity index (χ0) is 21.7. The van der Waals surface area contributed by atoms with Crippen molar-refractivity contribution < 1.29 is 17.9 Å². The maximum atomic E-state index is 12.9. The molecule has 1 aliphatic rings. The Morgan fingerprint density at radius 2 is 1.48 bits per heavy atom. The first-order valence-corrected chi connectivity index (χ1v) is 10.1. The number of aromatic nitrogens is 2. The third-order valence-electron chi connectivity index (χ3n) is 5.26. The van der Waals surface area contributed by atoms with Crippen LogP contribution in [0.5, 0.6) is 5.75 Å². The highest BCUT2D eigenvalue weighted by Crippen LogP contribution is 2.31. The van der Waals surface area contributed by atoms with Gasteiger partial charge in [-0.15, -0.1) is 0 Å². The van der Waals surface area contributed by atoms with Crippen molar-refractivity contribution in [1.82, 2.24) is 14.9 Å². The summed E-state index contributed by atoms with van der Waals surface area (Å²) in [5, 5.41) is 0. The molecule has 1 fully saturated rings. The monoisotopic (exact) mass is 428 g/mol. The molecule has 31 heavy (non-hydrogen) atoms. The highest BCUT2D eigenvalue weighted by Gasteiger charge is 2.30. The van der Waals surface area contributed by atoms with Crippen LogP contribution in [0, 0.1) is 0 Å². The minimum absolute atomic E-state index is 0.294. The number of benzene rings is 2. The van der Waals surface area contributed by atoms with Crippen LogP contribution >= 0.6 is 0 Å². The summed E-state index contributed by atoms with van der Waals surface area (Å²) in [5.74, 6) is 1.14. The first kappa shape index (κ1) is 21.1. The van der Waals surface area contributed by atoms with Crippen molar-refractivity contribution in [3.05, 3.63) is 84.2 Å². The Kier molecular flexibility index (Phi) is 6.36. The molecule has 8 heteroatoms. The van der Waals surface area contributed by atoms with Gasteiger partial charge in [0.1, 0.15) is 11.9 Å². The first-order chi connectivity index (χ1) is 15.0. The molecule has 3 aromatic rings. The van der Waals surface area contributed by atoms with E-state index in [1.165, 1.54) is 12.1 Å². The smallest absolute Gasteiger partial charge is 0.416 e. The van der Waals surface area contributed by atoms with Gasteiger partial charge in [0.05, 0.1) is 5.56 Å². The average Bonchev–Trinajstić information content (AvgIpc) is 2.80. The number of piperazine rings is 1. The molecule has 1 atom stereocenters. The number of anilines is 1. The van der Waals surface area contributed by atoms with E-state index in [0.717, 1.165) is 49.8 Å². The fraction of sp³-hybridized carbons (Fsp3) is 0.304. The highest BCUT2D eigenvalue weighted by molar-refractivity contribution is 5.31. The van der Waals surface area contributed by atoms with Crippen LogP contribution in [0.25, 0.3) is 0 Å². The fourth-order valence-corrected chi connectivity index (χ4v) is 3.58. The largest absolute Gasteiger partial charge is 0.484 e. The summed E-state index contributed by atoms with van der Waals surface area (Å²) in [7, 11) is 0. The molecule has 0 aliphatic carbocycles. The summed E-state index contributed by atoms with van der Waals surface area (Å²) >= 11 is 0. The van der Waals surface area contributed by atoms with Crippen LogP contribution in [0.1, 0.15) is 17.2 Å². The lowest BCUT2D eigenvalue weighted by atomic mass is 10.1. The molecular weight excluding hydrogens is 405 g/mol. The van der Waals surface area contributed by atoms with E-state index in [1.807, 2.05) is 30.3 Å². The molecule has 0 saturated carbocycles. The second-order valence-electron chi connectivity index (χ2n) is 7.38. The van der Waals surface area contributed by atoms with E-state index in [0.29, 0.717) is 12.3 Å². The average molecular weight is 428 g/mol. The number of alkyl halides is 3. The van der Waals surface area contributed by atoms with Crippen molar-refractivity contribution in [3.63, 3.8) is 0 Å². The van der Waals surface area contributed by atoms with Gasteiger partial charge in [-0.3, -0.25) is 4.90 Å². The van der Waals surface area contributed by atoms with E-state index < -0.39 is 11.7 Å². The van der Waals surface area contributed by atoms with Gasteiger partial charge in [0.2, 0.25) is 5.95 Å². The van der Waals surface area contributed by atoms with E-state index in [9.17, 15) is 13.2 Å². The van der Waals surface area contributed by atoms with Crippen LogP contribution in [0.4, 0.5) is 19.1 Å². The van der Waals surface area contributed by atoms with Crippen molar-refractivity contribution in [1.29, 1.82) is 0 Å². The first-order valence-electron chi connectivity index (χ1n) is 10.1. The van der Waals surface area contributed by atoms with Gasteiger partial charge >= 0.3 is 6.18 Å². The van der Waals surface area contributed by atoms with E-state index in [4.69, 9.17) is 4.74 Å². The van der Waals surface area contributed by atoms with Crippen LogP contribution in [-0.4, -0.2) is 47.6 Å². The van der Waals surface area contributed by atoms with Gasteiger partial charge in [-0.05, 0) is 35.9 Å². The lowest BCUT2D eigenvalue weighted by molar-refractivity contribution is -0.137. The number of hydrogen-bond acceptors (Lipinski definition) is 5. The highest BCUT2D eigenvalue weighted by atomic mass is 19.4. The number of hydrogen-bond donors (Lipinski definition) is 0. The van der Waals surface area contributed by atoms with Gasteiger partial charge in [-0.1, -0.05) is 30.3 Å². The third-order valence-corrected chi connectivity index (χ3v) is 5.26. The second-order valence-corrected chi connectivity index (χ2v) is 7.38. The lowest BCUT2D eigenvalue weighted by Gasteiger charge is -2.36. The molecule has 1 unspecified atom stereocenters. The minimum Gasteiger partial charge on any atom is -0.484 e. The van der Waals surface area contributed by atoms with Crippen molar-refractivity contribution in [2.45, 2.75) is 12.3 Å². The summed E-state index contributed by atoms with van der Waals surface area (Å²) in [6.45, 7) is 3.86. The molecule has 1 aliphatic heterocycles. The van der Waals surface area contributed by atoms with Gasteiger partial charge in [-0.2, -0.15) is 13.2 Å². The second kappa shape index (κ2) is 9.34. The van der Waals surface area contributed by atoms with Gasteiger partial charge in [-0.25, -0.2) is 9.97 Å². The van der Waals surface area contributed by atoms with E-state index in [1.54, 1.807) is 18.5 Å². The Labute approximate surface area is 179 Å². The summed E-state index contributed by atoms with van der Waals surface area (Å²) in [6, 6.07) is 16.4. The van der Waals surface area contributed by atoms with Crippen LogP contribution in [-0.2, 0) is 6.18 Å². The van der Waals surface area contributed by atoms with Crippen LogP contribution < -0.4 is 9.64 Å². The van der Waals surface area contributed by atoms with E-state index >= 15 is 0 Å². The van der Waals surface area contributed by atoms with Crippen molar-refractivity contribution in [2.24, 2.45) is 0 Å². The summed E-state index contributed by atoms with van der Waals surface area (Å²) in [6.07, 6.45) is -1.19. The molecule has 0 amide bonds. The predicted octanol–water partition coefficient (Wildman–Crippen LogP) is 4.44. The van der Waals surface area contributed by atoms with Crippen molar-refractivity contribution >= 4 is 5.95 Å². The van der Waals surface area contributed by atoms with Crippen LogP contribution in [0.15, 0.2) is 73.1 Å². The Hall–Kier alpha value is -3.13. The standard InChI is InChI=1S/C23H23F3N4O/c24-23(25,26)19-7-9-20(10-8-19)31-21(18-5-2-1-3-6-18)17-29-13-15-30(16-14-29)22-27-11-4-12-28-22/h1-12,21H,13-17H2. The molecule has 5 nitrogen and oxygen atoms in total. The molecule has 1 saturated heterocycles. The van der Waals surface area contributed by atoms with Gasteiger partial charge < -0.3 is 9.64 Å². The number of ether oxygens (including phenoxy) is 1. The SMILES string of the molecule is FC(F)(F)c1ccc(OC(CN2CCN(c3ncccn3)CC2)c2ccccc2)cc1. The third kappa shape index (κ3) is 5.52. The van der Waals surface area contributed by atoms with Gasteiger partial charge in [0, 0.05) is 45.1 Å². The molecule has 0 bridgehead atoms. The molecular formula is C23H23F3N4O. The Bertz CT molecular complexity index is 944. The summed E-state index contributed by atoms with van der Waals surface area (Å²) in [4.78, 5) is 13.1. The van der Waals surface area contributed by atoms with Gasteiger partial charge in [0.15, 0.2) is 0 Å². The molecule has 4 rings (SSSR count). The normalized spacial score (nSPS) is 16.2. The molecule has 2 heterocycles. The maximum Gasteiger partial charge on any atom is 0.416 e. The van der Waals surface area contributed by atoms with E-state index in [-0.39, 0.29) is 6.10 Å². The van der Waals surface area contributed by atoms with Crippen LogP contribution in [0.3, 0.4) is 0 Å². The number of nitrogens with zero attached hydrogens (tertiary/aromatic N) is 4. The maximum absolute atomic E-state index is 12.9. The summed E-state index contributed by atoms with van der Waals surface area (Å²) in [5.41, 5.74) is 0.298. The summed E-state index contributed by atoms with van der Waals surface area (Å²) < 4.78 is 44.7. The fourth-order valence-electron chi connectivity index (χ4n) is 3.58. The van der Waals surface area contributed by atoms with Gasteiger partial charge in [0.25, 0.3) is 0 Å². The van der Waals surface area contributed by atoms with Crippen molar-refractivity contribution in [3.8, 4) is 5.75 Å². The predicted molar refractivity (Wildman–Crippen MR) is 112 cm³/mol. The molecule has 162 valence electrons. The Balaban J connectivity index is 1.43. The Morgan fingerprint density at radius 3 is 2.10 bits per heavy atom. The topological polar surface area (TPSA) is 41.5 Å². The van der Waals surface area contributed by atoms with E-state index in [2.05, 4.69) is 19.8 Å². The molecule has 0 radical (unpaired) electrons. The minimum atomic E-state index is -4.36. The number of rotatable bonds is 6. The molecule has 0 spiro atoms. The molecule has 0 N–H and O–H groups in total. The Morgan fingerprint density at radius 1 is 0.839 bits per heavy atom. The molecule has 2 aromatic carbocycles. The zero-order valence-electron chi connectivity index (χ0n) is 16.9. The van der Waals surface area contributed by atoms with Crippen molar-refractivity contribution in [2.75, 3.05) is 37.6 Å². The lowest BCUT2D eigenvalue weighted by Crippen LogP contribution is -2.48. The van der Waals surface area contributed by atoms with Crippen LogP contribution in [0.2, 0.25) is 0 Å². The number of halogens is 3. The zero-order valence-corrected chi connectivity index (χ0v) is 16.9.